The van der Waals surface area contributed by atoms with Gasteiger partial charge in [-0.15, -0.1) is 6.58 Å². The molecule has 1 atom stereocenters. The fourth-order valence-electron chi connectivity index (χ4n) is 0.215. The molecule has 2 heteroatoms. The van der Waals surface area contributed by atoms with Gasteiger partial charge in [0.1, 0.15) is 0 Å². The zero-order chi connectivity index (χ0) is 6.41. The van der Waals surface area contributed by atoms with Gasteiger partial charge in [0.2, 0.25) is 0 Å². The lowest BCUT2D eigenvalue weighted by Gasteiger charge is -2.01. The fraction of sp³-hybridized carbons (Fsp3) is 0.667. The summed E-state index contributed by atoms with van der Waals surface area (Å²) in [6.07, 6.45) is 1.86. The van der Waals surface area contributed by atoms with Gasteiger partial charge in [0.15, 0.2) is 0 Å². The van der Waals surface area contributed by atoms with Gasteiger partial charge in [-0.25, -0.2) is 0 Å². The normalized spacial score (nSPS) is 13.2. The maximum absolute atomic E-state index is 5.03. The minimum atomic E-state index is 0.412. The Labute approximate surface area is 55.3 Å². The lowest BCUT2D eigenvalue weighted by atomic mass is 10.5. The zero-order valence-corrected chi connectivity index (χ0v) is 6.20. The Morgan fingerprint density at radius 2 is 2.50 bits per heavy atom. The Kier molecular flexibility index (Phi) is 5.22. The van der Waals surface area contributed by atoms with Crippen LogP contribution in [0, 0.1) is 0 Å². The van der Waals surface area contributed by atoms with E-state index in [2.05, 4.69) is 6.58 Å². The van der Waals surface area contributed by atoms with Gasteiger partial charge in [-0.05, 0) is 25.9 Å². The molecule has 1 unspecified atom stereocenters. The van der Waals surface area contributed by atoms with Crippen LogP contribution in [0.1, 0.15) is 13.8 Å². The van der Waals surface area contributed by atoms with Crippen LogP contribution in [0.5, 0.6) is 0 Å². The molecule has 0 radical (unpaired) electrons. The van der Waals surface area contributed by atoms with Crippen LogP contribution in [0.2, 0.25) is 0 Å². The van der Waals surface area contributed by atoms with E-state index < -0.39 is 0 Å². The van der Waals surface area contributed by atoms with Gasteiger partial charge in [-0.2, -0.15) is 0 Å². The van der Waals surface area contributed by atoms with Gasteiger partial charge < -0.3 is 4.18 Å². The van der Waals surface area contributed by atoms with Gasteiger partial charge in [0, 0.05) is 5.25 Å². The first-order valence-corrected chi connectivity index (χ1v) is 3.52. The van der Waals surface area contributed by atoms with E-state index >= 15 is 0 Å². The topological polar surface area (TPSA) is 9.23 Å². The first-order valence-electron chi connectivity index (χ1n) is 2.72. The zero-order valence-electron chi connectivity index (χ0n) is 5.39. The Morgan fingerprint density at radius 1 is 1.88 bits per heavy atom. The lowest BCUT2D eigenvalue weighted by molar-refractivity contribution is 0.400. The van der Waals surface area contributed by atoms with Crippen molar-refractivity contribution in [3.63, 3.8) is 0 Å². The van der Waals surface area contributed by atoms with E-state index in [-0.39, 0.29) is 0 Å². The molecule has 0 heterocycles. The van der Waals surface area contributed by atoms with Crippen LogP contribution in [-0.4, -0.2) is 11.9 Å². The first-order chi connectivity index (χ1) is 3.81. The molecule has 1 nitrogen and oxygen atoms in total. The molecule has 0 saturated heterocycles. The summed E-state index contributed by atoms with van der Waals surface area (Å²) in [6, 6.07) is 0. The third-order valence-corrected chi connectivity index (χ3v) is 1.54. The summed E-state index contributed by atoms with van der Waals surface area (Å²) in [5.41, 5.74) is 0. The van der Waals surface area contributed by atoms with Crippen molar-refractivity contribution in [3.8, 4) is 0 Å². The van der Waals surface area contributed by atoms with E-state index in [1.165, 1.54) is 12.0 Å². The van der Waals surface area contributed by atoms with Gasteiger partial charge in [0.25, 0.3) is 0 Å². The summed E-state index contributed by atoms with van der Waals surface area (Å²) in [5.74, 6) is 0. The molecular weight excluding hydrogens is 120 g/mol. The van der Waals surface area contributed by atoms with E-state index in [1.54, 1.807) is 0 Å². The molecule has 0 aliphatic carbocycles. The van der Waals surface area contributed by atoms with Crippen molar-refractivity contribution in [1.82, 2.24) is 0 Å². The molecule has 0 aromatic rings. The summed E-state index contributed by atoms with van der Waals surface area (Å²) in [4.78, 5) is 0. The molecule has 0 rings (SSSR count). The van der Waals surface area contributed by atoms with Crippen LogP contribution in [0.4, 0.5) is 0 Å². The second-order valence-corrected chi connectivity index (χ2v) is 2.62. The Morgan fingerprint density at radius 3 is 2.88 bits per heavy atom. The minimum absolute atomic E-state index is 0.412. The molecule has 0 bridgehead atoms. The second-order valence-electron chi connectivity index (χ2n) is 1.44. The van der Waals surface area contributed by atoms with Crippen molar-refractivity contribution in [1.29, 1.82) is 0 Å². The molecule has 0 saturated carbocycles. The summed E-state index contributed by atoms with van der Waals surface area (Å²) in [5, 5.41) is 0.412. The average molecular weight is 132 g/mol. The van der Waals surface area contributed by atoms with Crippen LogP contribution in [-0.2, 0) is 4.18 Å². The fourth-order valence-corrected chi connectivity index (χ4v) is 0.644. The molecule has 0 aliphatic rings. The van der Waals surface area contributed by atoms with Crippen molar-refractivity contribution in [2.75, 3.05) is 6.61 Å². The molecule has 0 aromatic carbocycles. The summed E-state index contributed by atoms with van der Waals surface area (Å²) in [7, 11) is 0. The smallest absolute Gasteiger partial charge is 0.0585 e. The summed E-state index contributed by atoms with van der Waals surface area (Å²) >= 11 is 1.46. The Balaban J connectivity index is 2.98. The van der Waals surface area contributed by atoms with Crippen LogP contribution in [0.15, 0.2) is 12.7 Å². The maximum atomic E-state index is 5.03. The van der Waals surface area contributed by atoms with Crippen molar-refractivity contribution in [3.05, 3.63) is 12.7 Å². The van der Waals surface area contributed by atoms with E-state index in [0.717, 1.165) is 6.61 Å². The van der Waals surface area contributed by atoms with E-state index in [4.69, 9.17) is 4.18 Å². The SMILES string of the molecule is C=CC(C)SOCC. The summed E-state index contributed by atoms with van der Waals surface area (Å²) in [6.45, 7) is 8.40. The maximum Gasteiger partial charge on any atom is 0.0585 e. The minimum Gasteiger partial charge on any atom is -0.315 e. The van der Waals surface area contributed by atoms with Crippen LogP contribution < -0.4 is 0 Å². The molecule has 0 fully saturated rings. The average Bonchev–Trinajstić information content (AvgIpc) is 1.83. The lowest BCUT2D eigenvalue weighted by Crippen LogP contribution is -1.90. The second kappa shape index (κ2) is 5.19. The van der Waals surface area contributed by atoms with E-state index in [1.807, 2.05) is 19.9 Å². The monoisotopic (exact) mass is 132 g/mol. The predicted octanol–water partition coefficient (Wildman–Crippen LogP) is 2.25. The molecule has 0 aliphatic heterocycles. The number of hydrogen-bond acceptors (Lipinski definition) is 2. The molecule has 0 aromatic heterocycles. The predicted molar refractivity (Wildman–Crippen MR) is 38.9 cm³/mol. The van der Waals surface area contributed by atoms with Crippen molar-refractivity contribution in [2.24, 2.45) is 0 Å². The van der Waals surface area contributed by atoms with Gasteiger partial charge in [0.05, 0.1) is 6.61 Å². The molecule has 0 spiro atoms. The number of hydrogen-bond donors (Lipinski definition) is 0. The molecular formula is C6H12OS. The van der Waals surface area contributed by atoms with Crippen molar-refractivity contribution >= 4 is 12.0 Å². The van der Waals surface area contributed by atoms with Crippen LogP contribution >= 0.6 is 12.0 Å². The Hall–Kier alpha value is 0.0500. The third kappa shape index (κ3) is 4.22. The van der Waals surface area contributed by atoms with Gasteiger partial charge in [-0.1, -0.05) is 6.08 Å². The highest BCUT2D eigenvalue weighted by Crippen LogP contribution is 2.10. The van der Waals surface area contributed by atoms with Gasteiger partial charge >= 0.3 is 0 Å². The highest BCUT2D eigenvalue weighted by atomic mass is 32.2. The quantitative estimate of drug-likeness (QED) is 0.428. The highest BCUT2D eigenvalue weighted by molar-refractivity contribution is 7.95. The molecule has 8 heavy (non-hydrogen) atoms. The first kappa shape index (κ1) is 8.05. The van der Waals surface area contributed by atoms with Crippen molar-refractivity contribution in [2.45, 2.75) is 19.1 Å². The third-order valence-electron chi connectivity index (χ3n) is 0.670. The van der Waals surface area contributed by atoms with Crippen LogP contribution in [0.3, 0.4) is 0 Å². The molecule has 48 valence electrons. The van der Waals surface area contributed by atoms with Crippen LogP contribution in [0.25, 0.3) is 0 Å². The summed E-state index contributed by atoms with van der Waals surface area (Å²) < 4.78 is 5.03. The number of rotatable bonds is 4. The van der Waals surface area contributed by atoms with Gasteiger partial charge in [-0.3, -0.25) is 0 Å². The largest absolute Gasteiger partial charge is 0.315 e. The van der Waals surface area contributed by atoms with E-state index in [9.17, 15) is 0 Å². The standard InChI is InChI=1S/C6H12OS/c1-4-6(3)8-7-5-2/h4,6H,1,5H2,2-3H3. The molecule has 0 N–H and O–H groups in total. The molecule has 0 amide bonds. The van der Waals surface area contributed by atoms with E-state index in [0.29, 0.717) is 5.25 Å². The van der Waals surface area contributed by atoms with Crippen molar-refractivity contribution < 1.29 is 4.18 Å². The Bertz CT molecular complexity index is 63.5. The highest BCUT2D eigenvalue weighted by Gasteiger charge is 1.92.